The molecule has 0 bridgehead atoms. The summed E-state index contributed by atoms with van der Waals surface area (Å²) in [7, 11) is 0. The summed E-state index contributed by atoms with van der Waals surface area (Å²) in [5, 5.41) is 1.12. The van der Waals surface area contributed by atoms with Crippen LogP contribution in [-0.4, -0.2) is 29.8 Å². The van der Waals surface area contributed by atoms with Crippen molar-refractivity contribution in [1.29, 1.82) is 0 Å². The van der Waals surface area contributed by atoms with E-state index in [1.165, 1.54) is 0 Å². The molecule has 1 aliphatic heterocycles. The van der Waals surface area contributed by atoms with Crippen molar-refractivity contribution >= 4 is 35.0 Å². The number of benzene rings is 1. The van der Waals surface area contributed by atoms with Gasteiger partial charge >= 0.3 is 0 Å². The van der Waals surface area contributed by atoms with Gasteiger partial charge in [-0.2, -0.15) is 0 Å². The van der Waals surface area contributed by atoms with Crippen LogP contribution in [0, 0.1) is 5.92 Å². The number of rotatable bonds is 4. The van der Waals surface area contributed by atoms with Crippen molar-refractivity contribution in [1.82, 2.24) is 4.90 Å². The zero-order valence-corrected chi connectivity index (χ0v) is 13.2. The van der Waals surface area contributed by atoms with Crippen molar-refractivity contribution in [2.45, 2.75) is 25.7 Å². The third-order valence-corrected chi connectivity index (χ3v) is 4.41. The van der Waals surface area contributed by atoms with Gasteiger partial charge in [-0.3, -0.25) is 9.59 Å². The molecule has 2 N–H and O–H groups in total. The Labute approximate surface area is 134 Å². The third-order valence-electron chi connectivity index (χ3n) is 3.81. The second-order valence-electron chi connectivity index (χ2n) is 5.41. The summed E-state index contributed by atoms with van der Waals surface area (Å²) < 4.78 is 0. The summed E-state index contributed by atoms with van der Waals surface area (Å²) in [5.74, 6) is 0.0588. The fourth-order valence-corrected chi connectivity index (χ4v) is 3.00. The van der Waals surface area contributed by atoms with Gasteiger partial charge in [-0.15, -0.1) is 0 Å². The number of hydrogen-bond acceptors (Lipinski definition) is 2. The van der Waals surface area contributed by atoms with Crippen molar-refractivity contribution in [3.8, 4) is 0 Å². The molecular formula is C15H18Cl2N2O2. The highest BCUT2D eigenvalue weighted by atomic mass is 35.5. The molecule has 21 heavy (non-hydrogen) atoms. The van der Waals surface area contributed by atoms with E-state index in [1.54, 1.807) is 18.2 Å². The molecule has 0 radical (unpaired) electrons. The van der Waals surface area contributed by atoms with Crippen LogP contribution in [0.1, 0.15) is 24.8 Å². The van der Waals surface area contributed by atoms with Gasteiger partial charge in [-0.25, -0.2) is 0 Å². The molecule has 6 heteroatoms. The maximum absolute atomic E-state index is 12.3. The minimum absolute atomic E-state index is 0.0386. The van der Waals surface area contributed by atoms with Crippen LogP contribution >= 0.6 is 23.2 Å². The molecule has 0 spiro atoms. The predicted octanol–water partition coefficient (Wildman–Crippen LogP) is 2.65. The van der Waals surface area contributed by atoms with Gasteiger partial charge in [-0.1, -0.05) is 23.2 Å². The predicted molar refractivity (Wildman–Crippen MR) is 83.3 cm³/mol. The number of hydrogen-bond donors (Lipinski definition) is 1. The largest absolute Gasteiger partial charge is 0.370 e. The molecule has 0 saturated carbocycles. The number of nitrogens with zero attached hydrogens (tertiary/aromatic N) is 1. The summed E-state index contributed by atoms with van der Waals surface area (Å²) in [6.45, 7) is 1.32. The fraction of sp³-hybridized carbons (Fsp3) is 0.467. The molecule has 4 nitrogen and oxygen atoms in total. The van der Waals surface area contributed by atoms with Gasteiger partial charge in [0.25, 0.3) is 0 Å². The quantitative estimate of drug-likeness (QED) is 0.923. The number of halogens is 2. The molecule has 1 aromatic rings. The number of piperidine rings is 1. The standard InChI is InChI=1S/C15H18Cl2N2O2/c16-12-1-2-13(17)11(8-12)9-15(21)19-5-3-10(4-6-19)7-14(18)20/h1-2,8,10H,3-7,9H2,(H2,18,20). The van der Waals surface area contributed by atoms with E-state index < -0.39 is 0 Å². The Hall–Kier alpha value is -1.26. The Morgan fingerprint density at radius 2 is 1.90 bits per heavy atom. The Morgan fingerprint density at radius 3 is 2.52 bits per heavy atom. The van der Waals surface area contributed by atoms with Crippen LogP contribution in [0.3, 0.4) is 0 Å². The number of primary amides is 1. The summed E-state index contributed by atoms with van der Waals surface area (Å²) in [4.78, 5) is 25.0. The molecule has 114 valence electrons. The lowest BCUT2D eigenvalue weighted by Gasteiger charge is -2.31. The number of carbonyl (C=O) groups is 2. The molecule has 0 aliphatic carbocycles. The zero-order chi connectivity index (χ0) is 15.4. The lowest BCUT2D eigenvalue weighted by atomic mass is 9.93. The normalized spacial score (nSPS) is 16.0. The maximum atomic E-state index is 12.3. The molecule has 1 saturated heterocycles. The average Bonchev–Trinajstić information content (AvgIpc) is 2.43. The van der Waals surface area contributed by atoms with E-state index in [0.29, 0.717) is 35.5 Å². The summed E-state index contributed by atoms with van der Waals surface area (Å²) in [6.07, 6.45) is 2.29. The van der Waals surface area contributed by atoms with Gasteiger partial charge in [0.1, 0.15) is 0 Å². The van der Waals surface area contributed by atoms with Gasteiger partial charge in [0.2, 0.25) is 11.8 Å². The highest BCUT2D eigenvalue weighted by Gasteiger charge is 2.24. The fourth-order valence-electron chi connectivity index (χ4n) is 2.62. The number of likely N-dealkylation sites (tertiary alicyclic amines) is 1. The average molecular weight is 329 g/mol. The van der Waals surface area contributed by atoms with E-state index in [4.69, 9.17) is 28.9 Å². The Morgan fingerprint density at radius 1 is 1.24 bits per heavy atom. The van der Waals surface area contributed by atoms with E-state index in [-0.39, 0.29) is 18.2 Å². The number of carbonyl (C=O) groups excluding carboxylic acids is 2. The SMILES string of the molecule is NC(=O)CC1CCN(C(=O)Cc2cc(Cl)ccc2Cl)CC1. The topological polar surface area (TPSA) is 63.4 Å². The van der Waals surface area contributed by atoms with Gasteiger partial charge in [0, 0.05) is 29.6 Å². The van der Waals surface area contributed by atoms with Gasteiger partial charge in [0.05, 0.1) is 6.42 Å². The van der Waals surface area contributed by atoms with Crippen molar-refractivity contribution in [2.24, 2.45) is 11.7 Å². The van der Waals surface area contributed by atoms with E-state index in [1.807, 2.05) is 4.90 Å². The summed E-state index contributed by atoms with van der Waals surface area (Å²) in [5.41, 5.74) is 5.95. The molecule has 1 aliphatic rings. The first-order valence-electron chi connectivity index (χ1n) is 6.95. The highest BCUT2D eigenvalue weighted by molar-refractivity contribution is 6.33. The molecule has 1 heterocycles. The summed E-state index contributed by atoms with van der Waals surface area (Å²) in [6, 6.07) is 5.13. The van der Waals surface area contributed by atoms with Crippen molar-refractivity contribution in [3.05, 3.63) is 33.8 Å². The van der Waals surface area contributed by atoms with Crippen LogP contribution in [0.4, 0.5) is 0 Å². The molecule has 0 aromatic heterocycles. The lowest BCUT2D eigenvalue weighted by molar-refractivity contribution is -0.131. The Balaban J connectivity index is 1.90. The van der Waals surface area contributed by atoms with E-state index in [0.717, 1.165) is 18.4 Å². The second kappa shape index (κ2) is 7.14. The van der Waals surface area contributed by atoms with Crippen molar-refractivity contribution < 1.29 is 9.59 Å². The van der Waals surface area contributed by atoms with Crippen LogP contribution in [0.5, 0.6) is 0 Å². The molecule has 0 unspecified atom stereocenters. The van der Waals surface area contributed by atoms with E-state index >= 15 is 0 Å². The summed E-state index contributed by atoms with van der Waals surface area (Å²) >= 11 is 12.0. The smallest absolute Gasteiger partial charge is 0.227 e. The lowest BCUT2D eigenvalue weighted by Crippen LogP contribution is -2.40. The first kappa shape index (κ1) is 16.1. The molecule has 2 amide bonds. The van der Waals surface area contributed by atoms with Crippen LogP contribution in [0.2, 0.25) is 10.0 Å². The van der Waals surface area contributed by atoms with Crippen LogP contribution < -0.4 is 5.73 Å². The van der Waals surface area contributed by atoms with Crippen molar-refractivity contribution in [2.75, 3.05) is 13.1 Å². The molecular weight excluding hydrogens is 311 g/mol. The Bertz CT molecular complexity index is 540. The Kier molecular flexibility index (Phi) is 5.48. The number of nitrogens with two attached hydrogens (primary N) is 1. The first-order valence-corrected chi connectivity index (χ1v) is 7.71. The van der Waals surface area contributed by atoms with Crippen molar-refractivity contribution in [3.63, 3.8) is 0 Å². The first-order chi connectivity index (χ1) is 9.95. The monoisotopic (exact) mass is 328 g/mol. The second-order valence-corrected chi connectivity index (χ2v) is 6.25. The molecule has 0 atom stereocenters. The van der Waals surface area contributed by atoms with E-state index in [9.17, 15) is 9.59 Å². The molecule has 1 fully saturated rings. The molecule has 2 rings (SSSR count). The van der Waals surface area contributed by atoms with Gasteiger partial charge in [0.15, 0.2) is 0 Å². The van der Waals surface area contributed by atoms with Crippen LogP contribution in [0.15, 0.2) is 18.2 Å². The van der Waals surface area contributed by atoms with Gasteiger partial charge < -0.3 is 10.6 Å². The molecule has 1 aromatic carbocycles. The third kappa shape index (κ3) is 4.61. The van der Waals surface area contributed by atoms with Crippen LogP contribution in [-0.2, 0) is 16.0 Å². The minimum Gasteiger partial charge on any atom is -0.370 e. The minimum atomic E-state index is -0.273. The van der Waals surface area contributed by atoms with Gasteiger partial charge in [-0.05, 0) is 42.5 Å². The van der Waals surface area contributed by atoms with Crippen LogP contribution in [0.25, 0.3) is 0 Å². The zero-order valence-electron chi connectivity index (χ0n) is 11.6. The highest BCUT2D eigenvalue weighted by Crippen LogP contribution is 2.24. The maximum Gasteiger partial charge on any atom is 0.227 e. The number of amides is 2. The van der Waals surface area contributed by atoms with E-state index in [2.05, 4.69) is 0 Å².